The molecule has 0 fully saturated rings. The molecule has 0 amide bonds. The zero-order valence-corrected chi connectivity index (χ0v) is 9.77. The molecule has 0 aliphatic carbocycles. The van der Waals surface area contributed by atoms with Crippen molar-refractivity contribution in [2.24, 2.45) is 0 Å². The van der Waals surface area contributed by atoms with Crippen molar-refractivity contribution in [3.8, 4) is 17.1 Å². The molecule has 0 radical (unpaired) electrons. The lowest BCUT2D eigenvalue weighted by molar-refractivity contribution is 0.0589. The van der Waals surface area contributed by atoms with Gasteiger partial charge in [-0.05, 0) is 18.2 Å². The molecule has 5 nitrogen and oxygen atoms in total. The Labute approximate surface area is 102 Å². The Hall–Kier alpha value is -2.37. The van der Waals surface area contributed by atoms with E-state index in [4.69, 9.17) is 9.26 Å². The first-order chi connectivity index (χ1) is 8.65. The number of methoxy groups -OCH3 is 2. The van der Waals surface area contributed by atoms with E-state index in [-0.39, 0.29) is 17.2 Å². The number of hydrogen-bond donors (Lipinski definition) is 0. The fourth-order valence-electron chi connectivity index (χ4n) is 1.43. The second-order valence-corrected chi connectivity index (χ2v) is 3.42. The number of ether oxygens (including phenoxy) is 2. The Morgan fingerprint density at radius 2 is 2.11 bits per heavy atom. The molecule has 0 aliphatic rings. The van der Waals surface area contributed by atoms with E-state index >= 15 is 0 Å². The van der Waals surface area contributed by atoms with Crippen LogP contribution in [0.1, 0.15) is 10.5 Å². The van der Waals surface area contributed by atoms with Crippen molar-refractivity contribution in [1.29, 1.82) is 0 Å². The third kappa shape index (κ3) is 2.17. The van der Waals surface area contributed by atoms with E-state index in [0.717, 1.165) is 0 Å². The van der Waals surface area contributed by atoms with Gasteiger partial charge in [0, 0.05) is 11.6 Å². The number of carbonyl (C=O) groups excluding carboxylic acids is 1. The molecule has 2 rings (SSSR count). The first kappa shape index (κ1) is 12.1. The Balaban J connectivity index is 2.34. The van der Waals surface area contributed by atoms with E-state index in [1.54, 1.807) is 6.07 Å². The maximum atomic E-state index is 13.5. The highest BCUT2D eigenvalue weighted by atomic mass is 19.1. The average molecular weight is 251 g/mol. The molecule has 0 aliphatic heterocycles. The van der Waals surface area contributed by atoms with Crippen molar-refractivity contribution >= 4 is 5.97 Å². The minimum Gasteiger partial charge on any atom is -0.494 e. The number of hydrogen-bond acceptors (Lipinski definition) is 5. The van der Waals surface area contributed by atoms with E-state index in [9.17, 15) is 9.18 Å². The number of aromatic nitrogens is 1. The molecule has 94 valence electrons. The Morgan fingerprint density at radius 1 is 1.33 bits per heavy atom. The fourth-order valence-corrected chi connectivity index (χ4v) is 1.43. The van der Waals surface area contributed by atoms with Crippen molar-refractivity contribution < 1.29 is 23.2 Å². The van der Waals surface area contributed by atoms with Crippen LogP contribution in [0.4, 0.5) is 4.39 Å². The molecule has 2 aromatic rings. The molecule has 1 heterocycles. The largest absolute Gasteiger partial charge is 0.494 e. The van der Waals surface area contributed by atoms with Crippen LogP contribution in [0, 0.1) is 5.82 Å². The lowest BCUT2D eigenvalue weighted by Gasteiger charge is -2.02. The van der Waals surface area contributed by atoms with Gasteiger partial charge in [0.05, 0.1) is 14.2 Å². The minimum absolute atomic E-state index is 0.0312. The lowest BCUT2D eigenvalue weighted by atomic mass is 10.1. The summed E-state index contributed by atoms with van der Waals surface area (Å²) in [5, 5.41) is 3.53. The SMILES string of the molecule is COC(=O)c1cc(-c2ccc(OC)c(F)c2)on1. The zero-order chi connectivity index (χ0) is 13.1. The summed E-state index contributed by atoms with van der Waals surface area (Å²) in [5.41, 5.74) is 0.486. The van der Waals surface area contributed by atoms with Crippen molar-refractivity contribution in [3.63, 3.8) is 0 Å². The second kappa shape index (κ2) is 4.87. The van der Waals surface area contributed by atoms with E-state index in [1.807, 2.05) is 0 Å². The molecule has 6 heteroatoms. The van der Waals surface area contributed by atoms with Gasteiger partial charge in [0.15, 0.2) is 23.0 Å². The maximum Gasteiger partial charge on any atom is 0.360 e. The van der Waals surface area contributed by atoms with Crippen molar-refractivity contribution in [3.05, 3.63) is 35.8 Å². The van der Waals surface area contributed by atoms with Crippen LogP contribution in [0.2, 0.25) is 0 Å². The van der Waals surface area contributed by atoms with Crippen LogP contribution in [0.3, 0.4) is 0 Å². The molecular formula is C12H10FNO4. The molecule has 0 spiro atoms. The Kier molecular flexibility index (Phi) is 3.27. The normalized spacial score (nSPS) is 10.2. The van der Waals surface area contributed by atoms with E-state index in [2.05, 4.69) is 9.89 Å². The van der Waals surface area contributed by atoms with E-state index in [0.29, 0.717) is 5.56 Å². The van der Waals surface area contributed by atoms with Crippen LogP contribution in [-0.2, 0) is 4.74 Å². The van der Waals surface area contributed by atoms with Crippen molar-refractivity contribution in [2.75, 3.05) is 14.2 Å². The lowest BCUT2D eigenvalue weighted by Crippen LogP contribution is -2.00. The molecule has 0 saturated heterocycles. The minimum atomic E-state index is -0.612. The van der Waals surface area contributed by atoms with Gasteiger partial charge in [-0.3, -0.25) is 0 Å². The van der Waals surface area contributed by atoms with Gasteiger partial charge in [-0.1, -0.05) is 5.16 Å². The smallest absolute Gasteiger partial charge is 0.360 e. The molecule has 0 bridgehead atoms. The number of carbonyl (C=O) groups is 1. The van der Waals surface area contributed by atoms with Gasteiger partial charge in [-0.15, -0.1) is 0 Å². The van der Waals surface area contributed by atoms with Gasteiger partial charge >= 0.3 is 5.97 Å². The topological polar surface area (TPSA) is 61.6 Å². The van der Waals surface area contributed by atoms with Gasteiger partial charge < -0.3 is 14.0 Å². The molecular weight excluding hydrogens is 241 g/mol. The van der Waals surface area contributed by atoms with Gasteiger partial charge in [-0.2, -0.15) is 0 Å². The summed E-state index contributed by atoms with van der Waals surface area (Å²) in [4.78, 5) is 11.2. The molecule has 0 N–H and O–H groups in total. The third-order valence-electron chi connectivity index (χ3n) is 2.34. The molecule has 0 saturated carbocycles. The number of halogens is 1. The number of esters is 1. The Morgan fingerprint density at radius 3 is 2.72 bits per heavy atom. The summed E-state index contributed by atoms with van der Waals surface area (Å²) >= 11 is 0. The Bertz CT molecular complexity index is 579. The predicted octanol–water partition coefficient (Wildman–Crippen LogP) is 2.28. The quantitative estimate of drug-likeness (QED) is 0.783. The van der Waals surface area contributed by atoms with E-state index in [1.165, 1.54) is 32.4 Å². The van der Waals surface area contributed by atoms with Gasteiger partial charge in [0.25, 0.3) is 0 Å². The van der Waals surface area contributed by atoms with Gasteiger partial charge in [0.1, 0.15) is 0 Å². The number of nitrogens with zero attached hydrogens (tertiary/aromatic N) is 1. The van der Waals surface area contributed by atoms with Crippen LogP contribution in [0.5, 0.6) is 5.75 Å². The summed E-state index contributed by atoms with van der Waals surface area (Å²) in [5.74, 6) is -0.728. The average Bonchev–Trinajstić information content (AvgIpc) is 2.87. The van der Waals surface area contributed by atoms with Crippen LogP contribution >= 0.6 is 0 Å². The van der Waals surface area contributed by atoms with E-state index < -0.39 is 11.8 Å². The predicted molar refractivity (Wildman–Crippen MR) is 59.8 cm³/mol. The van der Waals surface area contributed by atoms with Crippen molar-refractivity contribution in [2.45, 2.75) is 0 Å². The van der Waals surface area contributed by atoms with Crippen LogP contribution < -0.4 is 4.74 Å². The summed E-state index contributed by atoms with van der Waals surface area (Å²) in [6, 6.07) is 5.68. The van der Waals surface area contributed by atoms with Crippen LogP contribution in [0.15, 0.2) is 28.8 Å². The first-order valence-electron chi connectivity index (χ1n) is 5.04. The standard InChI is InChI=1S/C12H10FNO4/c1-16-10-4-3-7(5-8(10)13)11-6-9(14-18-11)12(15)17-2/h3-6H,1-2H3. The summed E-state index contributed by atoms with van der Waals surface area (Å²) in [6.07, 6.45) is 0. The molecule has 1 aromatic carbocycles. The molecule has 1 aromatic heterocycles. The summed E-state index contributed by atoms with van der Waals surface area (Å²) < 4.78 is 27.7. The number of benzene rings is 1. The van der Waals surface area contributed by atoms with Gasteiger partial charge in [0.2, 0.25) is 0 Å². The highest BCUT2D eigenvalue weighted by Crippen LogP contribution is 2.26. The van der Waals surface area contributed by atoms with Gasteiger partial charge in [-0.25, -0.2) is 9.18 Å². The van der Waals surface area contributed by atoms with Crippen LogP contribution in [0.25, 0.3) is 11.3 Å². The maximum absolute atomic E-state index is 13.5. The summed E-state index contributed by atoms with van der Waals surface area (Å²) in [7, 11) is 2.62. The highest BCUT2D eigenvalue weighted by Gasteiger charge is 2.15. The van der Waals surface area contributed by atoms with Crippen LogP contribution in [-0.4, -0.2) is 25.3 Å². The zero-order valence-electron chi connectivity index (χ0n) is 9.77. The molecule has 18 heavy (non-hydrogen) atoms. The van der Waals surface area contributed by atoms with Crippen molar-refractivity contribution in [1.82, 2.24) is 5.16 Å². The fraction of sp³-hybridized carbons (Fsp3) is 0.167. The third-order valence-corrected chi connectivity index (χ3v) is 2.34. The highest BCUT2D eigenvalue weighted by molar-refractivity contribution is 5.88. The monoisotopic (exact) mass is 251 g/mol. The molecule has 0 unspecified atom stereocenters. The molecule has 0 atom stereocenters. The summed E-state index contributed by atoms with van der Waals surface area (Å²) in [6.45, 7) is 0. The number of rotatable bonds is 3. The first-order valence-corrected chi connectivity index (χ1v) is 5.04. The second-order valence-electron chi connectivity index (χ2n) is 3.42.